The van der Waals surface area contributed by atoms with E-state index in [9.17, 15) is 14.7 Å². The van der Waals surface area contributed by atoms with Crippen LogP contribution in [-0.2, 0) is 11.2 Å². The highest BCUT2D eigenvalue weighted by atomic mass is 32.1. The Bertz CT molecular complexity index is 616. The van der Waals surface area contributed by atoms with Gasteiger partial charge in [0.15, 0.2) is 0 Å². The third kappa shape index (κ3) is 4.38. The molecule has 0 aliphatic carbocycles. The highest BCUT2D eigenvalue weighted by Crippen LogP contribution is 2.11. The van der Waals surface area contributed by atoms with Crippen LogP contribution < -0.4 is 10.6 Å². The Morgan fingerprint density at radius 1 is 1.29 bits per heavy atom. The largest absolute Gasteiger partial charge is 0.508 e. The van der Waals surface area contributed by atoms with Gasteiger partial charge >= 0.3 is 12.0 Å². The van der Waals surface area contributed by atoms with Gasteiger partial charge in [0.25, 0.3) is 0 Å². The van der Waals surface area contributed by atoms with E-state index in [0.717, 1.165) is 11.5 Å². The summed E-state index contributed by atoms with van der Waals surface area (Å²) in [5, 5.41) is 29.9. The monoisotopic (exact) mass is 309 g/mol. The number of urea groups is 1. The van der Waals surface area contributed by atoms with Gasteiger partial charge in [0.05, 0.1) is 0 Å². The lowest BCUT2D eigenvalue weighted by Crippen LogP contribution is -2.44. The van der Waals surface area contributed by atoms with Gasteiger partial charge < -0.3 is 15.5 Å². The van der Waals surface area contributed by atoms with Crippen molar-refractivity contribution in [3.05, 3.63) is 29.8 Å². The van der Waals surface area contributed by atoms with Crippen LogP contribution in [0.5, 0.6) is 5.75 Å². The second kappa shape index (κ2) is 6.61. The van der Waals surface area contributed by atoms with Gasteiger partial charge in [-0.15, -0.1) is 0 Å². The van der Waals surface area contributed by atoms with E-state index in [4.69, 9.17) is 5.11 Å². The molecule has 0 saturated carbocycles. The average molecular weight is 309 g/mol. The first-order chi connectivity index (χ1) is 10.0. The molecular formula is C11H11N5O4S. The smallest absolute Gasteiger partial charge is 0.326 e. The molecule has 21 heavy (non-hydrogen) atoms. The summed E-state index contributed by atoms with van der Waals surface area (Å²) in [4.78, 5) is 22.8. The fraction of sp³-hybridized carbons (Fsp3) is 0.182. The maximum atomic E-state index is 11.7. The highest BCUT2D eigenvalue weighted by molar-refractivity contribution is 7.09. The normalized spacial score (nSPS) is 11.6. The van der Waals surface area contributed by atoms with Gasteiger partial charge in [0, 0.05) is 18.0 Å². The molecule has 1 aromatic heterocycles. The lowest BCUT2D eigenvalue weighted by molar-refractivity contribution is -0.139. The van der Waals surface area contributed by atoms with Crippen LogP contribution in [0.4, 0.5) is 9.93 Å². The molecule has 2 aromatic rings. The van der Waals surface area contributed by atoms with E-state index in [1.807, 2.05) is 0 Å². The number of anilines is 1. The fourth-order valence-electron chi connectivity index (χ4n) is 1.54. The number of carboxylic acid groups (broad SMARTS) is 1. The number of nitrogens with zero attached hydrogens (tertiary/aromatic N) is 3. The van der Waals surface area contributed by atoms with Gasteiger partial charge in [-0.2, -0.15) is 0 Å². The molecule has 2 rings (SSSR count). The van der Waals surface area contributed by atoms with Gasteiger partial charge in [-0.3, -0.25) is 5.32 Å². The second-order valence-corrected chi connectivity index (χ2v) is 4.76. The van der Waals surface area contributed by atoms with Crippen LogP contribution in [0.15, 0.2) is 24.3 Å². The number of carboxylic acids is 1. The number of carbonyl (C=O) groups excluding carboxylic acids is 1. The lowest BCUT2D eigenvalue weighted by Gasteiger charge is -2.14. The predicted molar refractivity (Wildman–Crippen MR) is 73.1 cm³/mol. The number of phenols is 1. The molecule has 1 heterocycles. The van der Waals surface area contributed by atoms with E-state index in [1.54, 1.807) is 12.1 Å². The van der Waals surface area contributed by atoms with E-state index in [2.05, 4.69) is 25.4 Å². The lowest BCUT2D eigenvalue weighted by atomic mass is 10.1. The van der Waals surface area contributed by atoms with E-state index in [0.29, 0.717) is 5.56 Å². The minimum absolute atomic E-state index is 0.0808. The maximum absolute atomic E-state index is 11.7. The van der Waals surface area contributed by atoms with Gasteiger partial charge in [-0.25, -0.2) is 9.59 Å². The number of hydrogen-bond acceptors (Lipinski definition) is 7. The number of aromatic hydroxyl groups is 1. The van der Waals surface area contributed by atoms with Crippen molar-refractivity contribution in [1.82, 2.24) is 20.1 Å². The van der Waals surface area contributed by atoms with Gasteiger partial charge in [-0.1, -0.05) is 21.7 Å². The summed E-state index contributed by atoms with van der Waals surface area (Å²) in [6.45, 7) is 0. The van der Waals surface area contributed by atoms with Crippen molar-refractivity contribution < 1.29 is 19.8 Å². The summed E-state index contributed by atoms with van der Waals surface area (Å²) in [5.41, 5.74) is 0.665. The third-order valence-electron chi connectivity index (χ3n) is 2.50. The summed E-state index contributed by atoms with van der Waals surface area (Å²) in [6.07, 6.45) is 0.0808. The molecule has 0 spiro atoms. The molecule has 10 heteroatoms. The maximum Gasteiger partial charge on any atom is 0.326 e. The van der Waals surface area contributed by atoms with E-state index in [1.165, 1.54) is 12.1 Å². The molecule has 1 unspecified atom stereocenters. The molecule has 0 aliphatic heterocycles. The standard InChI is InChI=1S/C11H11N5O4S/c17-7-3-1-6(2-4-7)5-8(9(18)19)12-10(20)13-11-14-15-16-21-11/h1-4,8,17H,5H2,(H,18,19)(H2,12,13,14,16,20). The molecule has 9 nitrogen and oxygen atoms in total. The summed E-state index contributed by atoms with van der Waals surface area (Å²) < 4.78 is 3.46. The van der Waals surface area contributed by atoms with Crippen LogP contribution in [0.1, 0.15) is 5.56 Å². The molecule has 4 N–H and O–H groups in total. The van der Waals surface area contributed by atoms with E-state index >= 15 is 0 Å². The second-order valence-electron chi connectivity index (χ2n) is 4.03. The Morgan fingerprint density at radius 2 is 2.00 bits per heavy atom. The van der Waals surface area contributed by atoms with Gasteiger partial charge in [0.2, 0.25) is 5.13 Å². The van der Waals surface area contributed by atoms with E-state index in [-0.39, 0.29) is 17.3 Å². The summed E-state index contributed by atoms with van der Waals surface area (Å²) in [6, 6.07) is 4.23. The Balaban J connectivity index is 1.97. The molecule has 2 amide bonds. The minimum atomic E-state index is -1.17. The predicted octanol–water partition coefficient (Wildman–Crippen LogP) is 0.456. The number of carbonyl (C=O) groups is 2. The number of hydrogen-bond donors (Lipinski definition) is 4. The zero-order chi connectivity index (χ0) is 15.2. The molecular weight excluding hydrogens is 298 g/mol. The number of amides is 2. The van der Waals surface area contributed by atoms with Crippen molar-refractivity contribution in [3.63, 3.8) is 0 Å². The Hall–Kier alpha value is -2.75. The van der Waals surface area contributed by atoms with Crippen LogP contribution in [0, 0.1) is 0 Å². The molecule has 110 valence electrons. The third-order valence-corrected chi connectivity index (χ3v) is 3.01. The molecule has 0 aliphatic rings. The van der Waals surface area contributed by atoms with Gasteiger partial charge in [0.1, 0.15) is 11.8 Å². The molecule has 0 bridgehead atoms. The minimum Gasteiger partial charge on any atom is -0.508 e. The van der Waals surface area contributed by atoms with Crippen molar-refractivity contribution in [2.75, 3.05) is 5.32 Å². The first-order valence-electron chi connectivity index (χ1n) is 5.78. The zero-order valence-corrected chi connectivity index (χ0v) is 11.4. The number of aromatic nitrogens is 3. The van der Waals surface area contributed by atoms with Crippen molar-refractivity contribution in [2.45, 2.75) is 12.5 Å². The van der Waals surface area contributed by atoms with Crippen molar-refractivity contribution in [2.24, 2.45) is 0 Å². The molecule has 1 aromatic carbocycles. The first kappa shape index (κ1) is 14.7. The van der Waals surface area contributed by atoms with Crippen LogP contribution in [0.2, 0.25) is 0 Å². The SMILES string of the molecule is O=C(Nc1nnns1)NC(Cc1ccc(O)cc1)C(=O)O. The average Bonchev–Trinajstić information content (AvgIpc) is 2.93. The van der Waals surface area contributed by atoms with Crippen LogP contribution in [0.3, 0.4) is 0 Å². The topological polar surface area (TPSA) is 137 Å². The van der Waals surface area contributed by atoms with Crippen molar-refractivity contribution in [3.8, 4) is 5.75 Å². The van der Waals surface area contributed by atoms with Crippen LogP contribution in [-0.4, -0.2) is 43.1 Å². The summed E-state index contributed by atoms with van der Waals surface area (Å²) in [5.74, 6) is -1.09. The number of aliphatic carboxylic acids is 1. The number of phenolic OH excluding ortho intramolecular Hbond substituents is 1. The van der Waals surface area contributed by atoms with Crippen LogP contribution >= 0.6 is 11.5 Å². The van der Waals surface area contributed by atoms with Crippen molar-refractivity contribution in [1.29, 1.82) is 0 Å². The van der Waals surface area contributed by atoms with Gasteiger partial charge in [-0.05, 0) is 22.9 Å². The summed E-state index contributed by atoms with van der Waals surface area (Å²) in [7, 11) is 0. The Kier molecular flexibility index (Phi) is 4.61. The number of benzene rings is 1. The Labute approximate surface area is 122 Å². The molecule has 1 atom stereocenters. The van der Waals surface area contributed by atoms with E-state index < -0.39 is 18.0 Å². The number of nitrogens with one attached hydrogen (secondary N) is 2. The zero-order valence-electron chi connectivity index (χ0n) is 10.6. The molecule has 0 fully saturated rings. The number of rotatable bonds is 5. The molecule has 0 radical (unpaired) electrons. The highest BCUT2D eigenvalue weighted by Gasteiger charge is 2.21. The summed E-state index contributed by atoms with van der Waals surface area (Å²) >= 11 is 0.873. The Morgan fingerprint density at radius 3 is 2.57 bits per heavy atom. The van der Waals surface area contributed by atoms with Crippen LogP contribution in [0.25, 0.3) is 0 Å². The fourth-order valence-corrected chi connectivity index (χ4v) is 1.90. The molecule has 0 saturated heterocycles. The van der Waals surface area contributed by atoms with Crippen molar-refractivity contribution >= 4 is 28.7 Å². The first-order valence-corrected chi connectivity index (χ1v) is 6.55. The quantitative estimate of drug-likeness (QED) is 0.629.